The quantitative estimate of drug-likeness (QED) is 0.433. The van der Waals surface area contributed by atoms with E-state index in [1.54, 1.807) is 31.2 Å². The number of hydrogen-bond acceptors (Lipinski definition) is 4. The van der Waals surface area contributed by atoms with Crippen molar-refractivity contribution < 1.29 is 5.11 Å². The van der Waals surface area contributed by atoms with Gasteiger partial charge in [0.2, 0.25) is 0 Å². The van der Waals surface area contributed by atoms with Gasteiger partial charge in [-0.25, -0.2) is 4.85 Å². The minimum absolute atomic E-state index is 0.0169. The fraction of sp³-hybridized carbons (Fsp3) is 0.259. The van der Waals surface area contributed by atoms with Gasteiger partial charge in [-0.2, -0.15) is 5.26 Å². The Morgan fingerprint density at radius 1 is 1.09 bits per heavy atom. The molecule has 1 fully saturated rings. The number of hydrogen-bond donors (Lipinski definition) is 1. The Morgan fingerprint density at radius 3 is 2.41 bits per heavy atom. The SMILES string of the molecule is [C-]#[N+]c1ccc([C@](C)(O)CN2CCN(c3ccc(C#N)cc3Cl)[C@H](c3ccc(Cl)cc3)C2)cc1. The Kier molecular flexibility index (Phi) is 7.12. The van der Waals surface area contributed by atoms with Gasteiger partial charge in [-0.05, 0) is 48.4 Å². The van der Waals surface area contributed by atoms with Gasteiger partial charge >= 0.3 is 0 Å². The zero-order valence-corrected chi connectivity index (χ0v) is 20.3. The highest BCUT2D eigenvalue weighted by atomic mass is 35.5. The summed E-state index contributed by atoms with van der Waals surface area (Å²) in [5, 5.41) is 21.7. The largest absolute Gasteiger partial charge is 0.384 e. The fourth-order valence-corrected chi connectivity index (χ4v) is 4.89. The summed E-state index contributed by atoms with van der Waals surface area (Å²) in [6.45, 7) is 11.5. The average Bonchev–Trinajstić information content (AvgIpc) is 2.84. The summed E-state index contributed by atoms with van der Waals surface area (Å²) in [6, 6.07) is 22.4. The maximum atomic E-state index is 11.3. The molecule has 1 saturated heterocycles. The van der Waals surface area contributed by atoms with E-state index >= 15 is 0 Å². The van der Waals surface area contributed by atoms with Crippen molar-refractivity contribution in [1.29, 1.82) is 5.26 Å². The third-order valence-electron chi connectivity index (χ3n) is 6.26. The number of halogens is 2. The van der Waals surface area contributed by atoms with E-state index in [9.17, 15) is 10.4 Å². The van der Waals surface area contributed by atoms with Crippen LogP contribution in [0, 0.1) is 17.9 Å². The Hall–Kier alpha value is -3.06. The molecule has 3 aromatic carbocycles. The molecule has 1 heterocycles. The van der Waals surface area contributed by atoms with E-state index in [1.807, 2.05) is 42.5 Å². The van der Waals surface area contributed by atoms with Crippen molar-refractivity contribution in [1.82, 2.24) is 4.90 Å². The summed E-state index contributed by atoms with van der Waals surface area (Å²) < 4.78 is 0. The first-order chi connectivity index (χ1) is 16.3. The van der Waals surface area contributed by atoms with Gasteiger partial charge in [0.15, 0.2) is 5.69 Å². The van der Waals surface area contributed by atoms with Gasteiger partial charge < -0.3 is 10.0 Å². The van der Waals surface area contributed by atoms with E-state index in [1.165, 1.54) is 0 Å². The second-order valence-corrected chi connectivity index (χ2v) is 9.55. The Bertz CT molecular complexity index is 1240. The number of anilines is 1. The summed E-state index contributed by atoms with van der Waals surface area (Å²) in [7, 11) is 0. The van der Waals surface area contributed by atoms with E-state index in [-0.39, 0.29) is 6.04 Å². The highest BCUT2D eigenvalue weighted by Gasteiger charge is 2.34. The van der Waals surface area contributed by atoms with Crippen LogP contribution in [0.2, 0.25) is 10.0 Å². The molecule has 5 nitrogen and oxygen atoms in total. The average molecular weight is 491 g/mol. The molecule has 1 aliphatic heterocycles. The molecular formula is C27H24Cl2N4O. The van der Waals surface area contributed by atoms with E-state index < -0.39 is 5.60 Å². The van der Waals surface area contributed by atoms with Crippen LogP contribution in [0.25, 0.3) is 4.85 Å². The first-order valence-electron chi connectivity index (χ1n) is 11.0. The predicted molar refractivity (Wildman–Crippen MR) is 136 cm³/mol. The van der Waals surface area contributed by atoms with Gasteiger partial charge in [-0.3, -0.25) is 4.90 Å². The number of rotatable bonds is 5. The lowest BCUT2D eigenvalue weighted by molar-refractivity contribution is 0.0103. The molecular weight excluding hydrogens is 467 g/mol. The highest BCUT2D eigenvalue weighted by Crippen LogP contribution is 2.37. The van der Waals surface area contributed by atoms with Crippen LogP contribution in [0.3, 0.4) is 0 Å². The van der Waals surface area contributed by atoms with Crippen molar-refractivity contribution >= 4 is 34.6 Å². The molecule has 0 saturated carbocycles. The lowest BCUT2D eigenvalue weighted by atomic mass is 9.93. The van der Waals surface area contributed by atoms with Crippen LogP contribution < -0.4 is 4.90 Å². The zero-order valence-electron chi connectivity index (χ0n) is 18.7. The Labute approximate surface area is 210 Å². The molecule has 1 aliphatic rings. The summed E-state index contributed by atoms with van der Waals surface area (Å²) in [5.74, 6) is 0. The van der Waals surface area contributed by atoms with Crippen molar-refractivity contribution in [3.05, 3.63) is 105 Å². The monoisotopic (exact) mass is 490 g/mol. The third kappa shape index (κ3) is 5.20. The Morgan fingerprint density at radius 2 is 1.79 bits per heavy atom. The zero-order chi connectivity index (χ0) is 24.3. The maximum absolute atomic E-state index is 11.3. The van der Waals surface area contributed by atoms with E-state index in [4.69, 9.17) is 29.8 Å². The summed E-state index contributed by atoms with van der Waals surface area (Å²) in [4.78, 5) is 7.93. The first-order valence-corrected chi connectivity index (χ1v) is 11.7. The second kappa shape index (κ2) is 10.1. The van der Waals surface area contributed by atoms with Crippen LogP contribution in [-0.2, 0) is 5.60 Å². The molecule has 172 valence electrons. The van der Waals surface area contributed by atoms with Crippen LogP contribution in [-0.4, -0.2) is 36.2 Å². The highest BCUT2D eigenvalue weighted by molar-refractivity contribution is 6.33. The van der Waals surface area contributed by atoms with E-state index in [0.717, 1.165) is 23.4 Å². The van der Waals surface area contributed by atoms with Gasteiger partial charge in [0.25, 0.3) is 0 Å². The molecule has 7 heteroatoms. The topological polar surface area (TPSA) is 54.9 Å². The van der Waals surface area contributed by atoms with Crippen molar-refractivity contribution in [3.8, 4) is 6.07 Å². The standard InChI is InChI=1S/C27H24Cl2N4O/c1-27(34,21-6-10-23(31-2)11-7-21)18-32-13-14-33(25-12-3-19(16-30)15-24(25)29)26(17-32)20-4-8-22(28)9-5-20/h3-12,15,26,34H,13-14,17-18H2,1H3/t26-,27+/m0/s1. The van der Waals surface area contributed by atoms with Crippen molar-refractivity contribution in [2.24, 2.45) is 0 Å². The minimum atomic E-state index is -1.07. The number of nitriles is 1. The molecule has 0 radical (unpaired) electrons. The molecule has 1 N–H and O–H groups in total. The summed E-state index contributed by atoms with van der Waals surface area (Å²) in [6.07, 6.45) is 0. The summed E-state index contributed by atoms with van der Waals surface area (Å²) in [5.41, 5.74) is 2.75. The third-order valence-corrected chi connectivity index (χ3v) is 6.81. The van der Waals surface area contributed by atoms with Gasteiger partial charge in [-0.15, -0.1) is 0 Å². The lowest BCUT2D eigenvalue weighted by Gasteiger charge is -2.45. The van der Waals surface area contributed by atoms with Gasteiger partial charge in [-0.1, -0.05) is 59.6 Å². The molecule has 0 unspecified atom stereocenters. The van der Waals surface area contributed by atoms with Crippen molar-refractivity contribution in [2.75, 3.05) is 31.1 Å². The normalized spacial score (nSPS) is 18.1. The van der Waals surface area contributed by atoms with Crippen LogP contribution in [0.5, 0.6) is 0 Å². The molecule has 4 rings (SSSR count). The second-order valence-electron chi connectivity index (χ2n) is 8.71. The molecule has 0 bridgehead atoms. The van der Waals surface area contributed by atoms with E-state index in [2.05, 4.69) is 20.7 Å². The smallest absolute Gasteiger partial charge is 0.187 e. The molecule has 0 spiro atoms. The molecule has 2 atom stereocenters. The van der Waals surface area contributed by atoms with Gasteiger partial charge in [0.05, 0.1) is 40.6 Å². The molecule has 3 aromatic rings. The number of nitrogens with zero attached hydrogens (tertiary/aromatic N) is 4. The van der Waals surface area contributed by atoms with Crippen LogP contribution >= 0.6 is 23.2 Å². The fourth-order valence-electron chi connectivity index (χ4n) is 4.47. The van der Waals surface area contributed by atoms with Crippen LogP contribution in [0.1, 0.15) is 29.7 Å². The lowest BCUT2D eigenvalue weighted by Crippen LogP contribution is -2.52. The molecule has 0 amide bonds. The van der Waals surface area contributed by atoms with Crippen molar-refractivity contribution in [3.63, 3.8) is 0 Å². The Balaban J connectivity index is 1.61. The minimum Gasteiger partial charge on any atom is -0.384 e. The number of piperazine rings is 1. The molecule has 0 aliphatic carbocycles. The van der Waals surface area contributed by atoms with Gasteiger partial charge in [0.1, 0.15) is 0 Å². The number of benzene rings is 3. The predicted octanol–water partition coefficient (Wildman–Crippen LogP) is 6.19. The van der Waals surface area contributed by atoms with Crippen LogP contribution in [0.15, 0.2) is 66.7 Å². The summed E-state index contributed by atoms with van der Waals surface area (Å²) >= 11 is 12.7. The first kappa shape index (κ1) is 24.1. The van der Waals surface area contributed by atoms with Gasteiger partial charge in [0, 0.05) is 31.2 Å². The van der Waals surface area contributed by atoms with Crippen molar-refractivity contribution in [2.45, 2.75) is 18.6 Å². The van der Waals surface area contributed by atoms with E-state index in [0.29, 0.717) is 40.9 Å². The molecule has 34 heavy (non-hydrogen) atoms. The molecule has 0 aromatic heterocycles. The maximum Gasteiger partial charge on any atom is 0.187 e. The number of β-amino-alcohol motifs (C(OH)–C–C–N with tert-alkyl or cyclic N) is 1. The number of aliphatic hydroxyl groups is 1. The van der Waals surface area contributed by atoms with Crippen LogP contribution in [0.4, 0.5) is 11.4 Å².